The van der Waals surface area contributed by atoms with Crippen LogP contribution in [0.15, 0.2) is 66.7 Å². The summed E-state index contributed by atoms with van der Waals surface area (Å²) < 4.78 is 19.9. The molecule has 0 radical (unpaired) electrons. The molecule has 0 spiro atoms. The SMILES string of the molecule is Cc1ccc(F)c(N2C(=O)CSC2c2ccc(NC(=O)COc3ccc(Cl)cc3)cc2)c1. The molecular weight excluding hydrogens is 451 g/mol. The van der Waals surface area contributed by atoms with E-state index < -0.39 is 5.82 Å². The zero-order valence-electron chi connectivity index (χ0n) is 17.2. The van der Waals surface area contributed by atoms with Gasteiger partial charge in [0.15, 0.2) is 6.61 Å². The second-order valence-corrected chi connectivity index (χ2v) is 8.80. The third-order valence-electron chi connectivity index (χ3n) is 4.89. The van der Waals surface area contributed by atoms with Gasteiger partial charge < -0.3 is 10.1 Å². The molecule has 1 unspecified atom stereocenters. The Balaban J connectivity index is 1.42. The molecule has 1 N–H and O–H groups in total. The van der Waals surface area contributed by atoms with E-state index in [1.54, 1.807) is 48.5 Å². The van der Waals surface area contributed by atoms with Crippen LogP contribution in [-0.2, 0) is 9.59 Å². The Hall–Kier alpha value is -3.03. The first-order valence-corrected chi connectivity index (χ1v) is 11.3. The first-order valence-electron chi connectivity index (χ1n) is 9.89. The third kappa shape index (κ3) is 5.06. The fourth-order valence-corrected chi connectivity index (χ4v) is 4.64. The normalized spacial score (nSPS) is 15.7. The summed E-state index contributed by atoms with van der Waals surface area (Å²) in [5.41, 5.74) is 2.60. The van der Waals surface area contributed by atoms with Gasteiger partial charge in [-0.15, -0.1) is 11.8 Å². The summed E-state index contributed by atoms with van der Waals surface area (Å²) >= 11 is 7.27. The molecule has 3 aromatic carbocycles. The van der Waals surface area contributed by atoms with E-state index in [4.69, 9.17) is 16.3 Å². The number of nitrogens with one attached hydrogen (secondary N) is 1. The first kappa shape index (κ1) is 22.2. The molecule has 1 aliphatic rings. The lowest BCUT2D eigenvalue weighted by molar-refractivity contribution is -0.118. The summed E-state index contributed by atoms with van der Waals surface area (Å²) in [6, 6.07) is 18.6. The summed E-state index contributed by atoms with van der Waals surface area (Å²) in [5.74, 6) is -0.0476. The van der Waals surface area contributed by atoms with Gasteiger partial charge in [0.25, 0.3) is 5.91 Å². The Morgan fingerprint density at radius 2 is 1.88 bits per heavy atom. The fourth-order valence-electron chi connectivity index (χ4n) is 3.35. The standard InChI is InChI=1S/C24H20ClFN2O3S/c1-15-2-11-20(26)21(12-15)28-23(30)14-32-24(28)16-3-7-18(8-4-16)27-22(29)13-31-19-9-5-17(25)6-10-19/h2-12,24H,13-14H2,1H3,(H,27,29). The molecule has 3 aromatic rings. The molecule has 1 saturated heterocycles. The maximum Gasteiger partial charge on any atom is 0.262 e. The van der Waals surface area contributed by atoms with Crippen molar-refractivity contribution in [1.82, 2.24) is 0 Å². The molecule has 0 aromatic heterocycles. The van der Waals surface area contributed by atoms with Crippen molar-refractivity contribution in [2.45, 2.75) is 12.3 Å². The van der Waals surface area contributed by atoms with E-state index in [0.29, 0.717) is 16.5 Å². The van der Waals surface area contributed by atoms with Gasteiger partial charge in [-0.1, -0.05) is 29.8 Å². The molecule has 1 aliphatic heterocycles. The van der Waals surface area contributed by atoms with Crippen LogP contribution in [0.5, 0.6) is 5.75 Å². The van der Waals surface area contributed by atoms with Crippen molar-refractivity contribution < 1.29 is 18.7 Å². The Morgan fingerprint density at radius 3 is 2.59 bits per heavy atom. The number of benzene rings is 3. The van der Waals surface area contributed by atoms with Gasteiger partial charge >= 0.3 is 0 Å². The summed E-state index contributed by atoms with van der Waals surface area (Å²) in [4.78, 5) is 26.2. The number of amides is 2. The van der Waals surface area contributed by atoms with Gasteiger partial charge in [0, 0.05) is 10.7 Å². The molecule has 2 amide bonds. The molecule has 0 aliphatic carbocycles. The summed E-state index contributed by atoms with van der Waals surface area (Å²) in [7, 11) is 0. The lowest BCUT2D eigenvalue weighted by Gasteiger charge is -2.25. The van der Waals surface area contributed by atoms with Crippen molar-refractivity contribution in [3.8, 4) is 5.75 Å². The number of aryl methyl sites for hydroxylation is 1. The van der Waals surface area contributed by atoms with E-state index in [-0.39, 0.29) is 35.2 Å². The van der Waals surface area contributed by atoms with E-state index in [0.717, 1.165) is 11.1 Å². The van der Waals surface area contributed by atoms with Crippen LogP contribution in [0.1, 0.15) is 16.5 Å². The lowest BCUT2D eigenvalue weighted by Crippen LogP contribution is -2.28. The molecule has 0 saturated carbocycles. The fraction of sp³-hybridized carbons (Fsp3) is 0.167. The molecular formula is C24H20ClFN2O3S. The van der Waals surface area contributed by atoms with Crippen LogP contribution in [0.2, 0.25) is 5.02 Å². The van der Waals surface area contributed by atoms with Gasteiger partial charge in [-0.05, 0) is 66.6 Å². The number of hydrogen-bond acceptors (Lipinski definition) is 4. The number of halogens is 2. The highest BCUT2D eigenvalue weighted by Gasteiger charge is 2.35. The average molecular weight is 471 g/mol. The van der Waals surface area contributed by atoms with E-state index >= 15 is 0 Å². The van der Waals surface area contributed by atoms with E-state index in [1.807, 2.05) is 19.1 Å². The molecule has 32 heavy (non-hydrogen) atoms. The van der Waals surface area contributed by atoms with Crippen LogP contribution < -0.4 is 15.0 Å². The van der Waals surface area contributed by atoms with Crippen molar-refractivity contribution in [3.05, 3.63) is 88.7 Å². The van der Waals surface area contributed by atoms with Crippen LogP contribution in [-0.4, -0.2) is 24.2 Å². The number of nitrogens with zero attached hydrogens (tertiary/aromatic N) is 1. The first-order chi connectivity index (χ1) is 15.4. The van der Waals surface area contributed by atoms with Crippen molar-refractivity contribution in [3.63, 3.8) is 0 Å². The molecule has 4 rings (SSSR count). The molecule has 164 valence electrons. The maximum absolute atomic E-state index is 14.4. The number of thioether (sulfide) groups is 1. The minimum absolute atomic E-state index is 0.138. The highest BCUT2D eigenvalue weighted by atomic mass is 35.5. The molecule has 8 heteroatoms. The lowest BCUT2D eigenvalue weighted by atomic mass is 10.1. The molecule has 5 nitrogen and oxygen atoms in total. The number of hydrogen-bond donors (Lipinski definition) is 1. The van der Waals surface area contributed by atoms with Crippen LogP contribution in [0.3, 0.4) is 0 Å². The van der Waals surface area contributed by atoms with Gasteiger partial charge in [0.1, 0.15) is 16.9 Å². The van der Waals surface area contributed by atoms with Crippen molar-refractivity contribution in [1.29, 1.82) is 0 Å². The van der Waals surface area contributed by atoms with Gasteiger partial charge in [-0.25, -0.2) is 4.39 Å². The summed E-state index contributed by atoms with van der Waals surface area (Å²) in [6.45, 7) is 1.72. The van der Waals surface area contributed by atoms with Crippen molar-refractivity contribution in [2.24, 2.45) is 0 Å². The number of anilines is 2. The number of carbonyl (C=O) groups excluding carboxylic acids is 2. The monoisotopic (exact) mass is 470 g/mol. The van der Waals surface area contributed by atoms with Gasteiger partial charge in [0.2, 0.25) is 5.91 Å². The Morgan fingerprint density at radius 1 is 1.16 bits per heavy atom. The van der Waals surface area contributed by atoms with Gasteiger partial charge in [-0.3, -0.25) is 14.5 Å². The largest absolute Gasteiger partial charge is 0.484 e. The highest BCUT2D eigenvalue weighted by molar-refractivity contribution is 8.00. The van der Waals surface area contributed by atoms with E-state index in [1.165, 1.54) is 22.7 Å². The highest BCUT2D eigenvalue weighted by Crippen LogP contribution is 2.43. The van der Waals surface area contributed by atoms with Crippen LogP contribution >= 0.6 is 23.4 Å². The topological polar surface area (TPSA) is 58.6 Å². The Labute approximate surface area is 194 Å². The Kier molecular flexibility index (Phi) is 6.67. The average Bonchev–Trinajstić information content (AvgIpc) is 3.16. The van der Waals surface area contributed by atoms with Crippen molar-refractivity contribution in [2.75, 3.05) is 22.6 Å². The van der Waals surface area contributed by atoms with Crippen LogP contribution in [0.4, 0.5) is 15.8 Å². The van der Waals surface area contributed by atoms with E-state index in [2.05, 4.69) is 5.32 Å². The molecule has 1 atom stereocenters. The third-order valence-corrected chi connectivity index (χ3v) is 6.36. The van der Waals surface area contributed by atoms with Gasteiger partial charge in [-0.2, -0.15) is 0 Å². The zero-order valence-corrected chi connectivity index (χ0v) is 18.8. The minimum atomic E-state index is -0.430. The molecule has 1 fully saturated rings. The second kappa shape index (κ2) is 9.63. The second-order valence-electron chi connectivity index (χ2n) is 7.29. The predicted octanol–water partition coefficient (Wildman–Crippen LogP) is 5.58. The van der Waals surface area contributed by atoms with Crippen LogP contribution in [0.25, 0.3) is 0 Å². The maximum atomic E-state index is 14.4. The number of carbonyl (C=O) groups is 2. The molecule has 1 heterocycles. The minimum Gasteiger partial charge on any atom is -0.484 e. The smallest absolute Gasteiger partial charge is 0.262 e. The summed E-state index contributed by atoms with van der Waals surface area (Å²) in [5, 5.41) is 3.03. The van der Waals surface area contributed by atoms with Crippen LogP contribution in [0, 0.1) is 12.7 Å². The van der Waals surface area contributed by atoms with Gasteiger partial charge in [0.05, 0.1) is 11.4 Å². The molecule has 0 bridgehead atoms. The quantitative estimate of drug-likeness (QED) is 0.510. The number of rotatable bonds is 6. The zero-order chi connectivity index (χ0) is 22.7. The van der Waals surface area contributed by atoms with Crippen molar-refractivity contribution >= 4 is 46.6 Å². The summed E-state index contributed by atoms with van der Waals surface area (Å²) in [6.07, 6.45) is 0. The predicted molar refractivity (Wildman–Crippen MR) is 126 cm³/mol. The van der Waals surface area contributed by atoms with E-state index in [9.17, 15) is 14.0 Å². The number of ether oxygens (including phenoxy) is 1. The Bertz CT molecular complexity index is 1140.